The number of amides is 1. The lowest BCUT2D eigenvalue weighted by Crippen LogP contribution is -2.35. The molecule has 7 nitrogen and oxygen atoms in total. The maximum atomic E-state index is 12.5. The second-order valence-electron chi connectivity index (χ2n) is 5.80. The quantitative estimate of drug-likeness (QED) is 0.511. The molecule has 0 bridgehead atoms. The van der Waals surface area contributed by atoms with Gasteiger partial charge in [-0.25, -0.2) is 4.68 Å². The molecule has 0 saturated heterocycles. The van der Waals surface area contributed by atoms with E-state index < -0.39 is 0 Å². The molecule has 2 aromatic rings. The Balaban J connectivity index is 2.04. The van der Waals surface area contributed by atoms with E-state index in [1.165, 1.54) is 0 Å². The Morgan fingerprint density at radius 1 is 1.46 bits per heavy atom. The van der Waals surface area contributed by atoms with Gasteiger partial charge in [-0.2, -0.15) is 5.10 Å². The number of hydrogen-bond acceptors (Lipinski definition) is 5. The molecule has 0 aliphatic heterocycles. The summed E-state index contributed by atoms with van der Waals surface area (Å²) in [6, 6.07) is 7.34. The minimum absolute atomic E-state index is 0.111. The van der Waals surface area contributed by atoms with E-state index in [1.807, 2.05) is 33.7 Å². The summed E-state index contributed by atoms with van der Waals surface area (Å²) in [5.41, 5.74) is 0.656. The molecule has 0 aliphatic rings. The van der Waals surface area contributed by atoms with Crippen molar-refractivity contribution in [3.63, 3.8) is 0 Å². The van der Waals surface area contributed by atoms with Gasteiger partial charge < -0.3 is 14.6 Å². The molecule has 1 aromatic heterocycles. The van der Waals surface area contributed by atoms with Crippen molar-refractivity contribution in [3.05, 3.63) is 48.0 Å². The zero-order valence-corrected chi connectivity index (χ0v) is 16.0. The SMILES string of the molecule is C=CCn1cnn(CN(CCC)CC(=O)Nc2ccccc2OC)c1=S. The number of carbonyl (C=O) groups excluding carboxylic acids is 1. The van der Waals surface area contributed by atoms with E-state index in [4.69, 9.17) is 17.0 Å². The van der Waals surface area contributed by atoms with Crippen LogP contribution in [-0.4, -0.2) is 45.4 Å². The summed E-state index contributed by atoms with van der Waals surface area (Å²) >= 11 is 5.42. The Bertz CT molecular complexity index is 799. The van der Waals surface area contributed by atoms with Crippen LogP contribution in [0.5, 0.6) is 5.75 Å². The van der Waals surface area contributed by atoms with Gasteiger partial charge in [0.05, 0.1) is 26.0 Å². The third-order valence-electron chi connectivity index (χ3n) is 3.74. The van der Waals surface area contributed by atoms with E-state index >= 15 is 0 Å². The fraction of sp³-hybridized carbons (Fsp3) is 0.389. The van der Waals surface area contributed by atoms with Crippen LogP contribution in [0.3, 0.4) is 0 Å². The molecule has 0 saturated carbocycles. The van der Waals surface area contributed by atoms with Gasteiger partial charge in [0.15, 0.2) is 4.77 Å². The number of nitrogens with zero attached hydrogens (tertiary/aromatic N) is 4. The molecule has 26 heavy (non-hydrogen) atoms. The molecule has 0 aliphatic carbocycles. The van der Waals surface area contributed by atoms with Crippen molar-refractivity contribution in [3.8, 4) is 5.75 Å². The smallest absolute Gasteiger partial charge is 0.238 e. The Morgan fingerprint density at radius 3 is 2.92 bits per heavy atom. The van der Waals surface area contributed by atoms with Gasteiger partial charge in [-0.3, -0.25) is 9.69 Å². The maximum Gasteiger partial charge on any atom is 0.238 e. The molecule has 0 fully saturated rings. The Kier molecular flexibility index (Phi) is 7.55. The van der Waals surface area contributed by atoms with Crippen LogP contribution in [0.15, 0.2) is 43.2 Å². The van der Waals surface area contributed by atoms with E-state index in [2.05, 4.69) is 23.9 Å². The van der Waals surface area contributed by atoms with Gasteiger partial charge in [0.1, 0.15) is 12.1 Å². The van der Waals surface area contributed by atoms with Gasteiger partial charge in [-0.1, -0.05) is 25.1 Å². The van der Waals surface area contributed by atoms with Crippen molar-refractivity contribution in [1.29, 1.82) is 0 Å². The van der Waals surface area contributed by atoms with E-state index in [9.17, 15) is 4.79 Å². The molecule has 0 radical (unpaired) electrons. The Hall–Kier alpha value is -2.45. The molecular formula is C18H25N5O2S. The minimum atomic E-state index is -0.111. The largest absolute Gasteiger partial charge is 0.495 e. The van der Waals surface area contributed by atoms with E-state index in [0.29, 0.717) is 29.4 Å². The van der Waals surface area contributed by atoms with Crippen molar-refractivity contribution in [2.45, 2.75) is 26.6 Å². The predicted molar refractivity (Wildman–Crippen MR) is 105 cm³/mol. The zero-order chi connectivity index (χ0) is 18.9. The summed E-state index contributed by atoms with van der Waals surface area (Å²) < 4.78 is 9.42. The van der Waals surface area contributed by atoms with Crippen molar-refractivity contribution < 1.29 is 9.53 Å². The number of rotatable bonds is 10. The van der Waals surface area contributed by atoms with E-state index in [-0.39, 0.29) is 12.5 Å². The lowest BCUT2D eigenvalue weighted by Gasteiger charge is -2.21. The third-order valence-corrected chi connectivity index (χ3v) is 4.19. The molecule has 1 amide bonds. The van der Waals surface area contributed by atoms with Gasteiger partial charge in [0.2, 0.25) is 5.91 Å². The van der Waals surface area contributed by atoms with Crippen molar-refractivity contribution in [1.82, 2.24) is 19.2 Å². The lowest BCUT2D eigenvalue weighted by atomic mass is 10.3. The second-order valence-corrected chi connectivity index (χ2v) is 6.16. The molecule has 1 aromatic carbocycles. The number of benzene rings is 1. The van der Waals surface area contributed by atoms with Crippen LogP contribution in [0.1, 0.15) is 13.3 Å². The average molecular weight is 375 g/mol. The van der Waals surface area contributed by atoms with Crippen molar-refractivity contribution in [2.75, 3.05) is 25.5 Å². The first-order valence-corrected chi connectivity index (χ1v) is 8.88. The summed E-state index contributed by atoms with van der Waals surface area (Å²) in [5.74, 6) is 0.522. The number of allylic oxidation sites excluding steroid dienone is 1. The van der Waals surface area contributed by atoms with E-state index in [0.717, 1.165) is 13.0 Å². The fourth-order valence-corrected chi connectivity index (χ4v) is 2.81. The fourth-order valence-electron chi connectivity index (χ4n) is 2.58. The number of para-hydroxylation sites is 2. The number of aromatic nitrogens is 3. The zero-order valence-electron chi connectivity index (χ0n) is 15.2. The van der Waals surface area contributed by atoms with Gasteiger partial charge in [-0.15, -0.1) is 6.58 Å². The standard InChI is InChI=1S/C18H25N5O2S/c1-4-10-21(14-23-18(26)22(11-5-2)13-19-23)12-17(24)20-15-8-6-7-9-16(15)25-3/h5-9,13H,2,4,10-12,14H2,1,3H3,(H,20,24). The summed E-state index contributed by atoms with van der Waals surface area (Å²) in [6.45, 7) is 7.85. The Labute approximate surface area is 158 Å². The highest BCUT2D eigenvalue weighted by Gasteiger charge is 2.14. The molecule has 140 valence electrons. The number of hydrogen-bond donors (Lipinski definition) is 1. The third kappa shape index (κ3) is 5.27. The first kappa shape index (κ1) is 19.9. The maximum absolute atomic E-state index is 12.5. The van der Waals surface area contributed by atoms with Crippen LogP contribution in [0.25, 0.3) is 0 Å². The number of ether oxygens (including phenoxy) is 1. The molecule has 0 unspecified atom stereocenters. The average Bonchev–Trinajstić information content (AvgIpc) is 2.96. The van der Waals surface area contributed by atoms with Crippen LogP contribution >= 0.6 is 12.2 Å². The molecule has 0 spiro atoms. The number of anilines is 1. The van der Waals surface area contributed by atoms with E-state index in [1.54, 1.807) is 24.2 Å². The first-order valence-electron chi connectivity index (χ1n) is 8.47. The Morgan fingerprint density at radius 2 is 2.23 bits per heavy atom. The number of nitrogens with one attached hydrogen (secondary N) is 1. The van der Waals surface area contributed by atoms with Gasteiger partial charge in [0, 0.05) is 13.1 Å². The molecular weight excluding hydrogens is 350 g/mol. The van der Waals surface area contributed by atoms with Gasteiger partial charge >= 0.3 is 0 Å². The summed E-state index contributed by atoms with van der Waals surface area (Å²) in [5, 5.41) is 7.21. The number of carbonyl (C=O) groups is 1. The van der Waals surface area contributed by atoms with Crippen LogP contribution in [0.4, 0.5) is 5.69 Å². The highest BCUT2D eigenvalue weighted by molar-refractivity contribution is 7.71. The van der Waals surface area contributed by atoms with Crippen LogP contribution in [0.2, 0.25) is 0 Å². The predicted octanol–water partition coefficient (Wildman–Crippen LogP) is 2.92. The summed E-state index contributed by atoms with van der Waals surface area (Å²) in [6.07, 6.45) is 4.37. The highest BCUT2D eigenvalue weighted by Crippen LogP contribution is 2.22. The van der Waals surface area contributed by atoms with Gasteiger partial charge in [0.25, 0.3) is 0 Å². The van der Waals surface area contributed by atoms with Crippen molar-refractivity contribution >= 4 is 23.8 Å². The lowest BCUT2D eigenvalue weighted by molar-refractivity contribution is -0.117. The van der Waals surface area contributed by atoms with Crippen LogP contribution < -0.4 is 10.1 Å². The molecule has 8 heteroatoms. The van der Waals surface area contributed by atoms with Crippen LogP contribution in [-0.2, 0) is 18.0 Å². The van der Waals surface area contributed by atoms with Crippen LogP contribution in [0, 0.1) is 4.77 Å². The minimum Gasteiger partial charge on any atom is -0.495 e. The molecule has 0 atom stereocenters. The topological polar surface area (TPSA) is 64.3 Å². The van der Waals surface area contributed by atoms with Crippen molar-refractivity contribution in [2.24, 2.45) is 0 Å². The number of methoxy groups -OCH3 is 1. The highest BCUT2D eigenvalue weighted by atomic mass is 32.1. The van der Waals surface area contributed by atoms with Gasteiger partial charge in [-0.05, 0) is 30.8 Å². The monoisotopic (exact) mass is 375 g/mol. The second kappa shape index (κ2) is 9.88. The molecule has 2 rings (SSSR count). The first-order chi connectivity index (χ1) is 12.6. The normalized spacial score (nSPS) is 10.7. The summed E-state index contributed by atoms with van der Waals surface area (Å²) in [7, 11) is 1.58. The molecule has 1 heterocycles. The summed E-state index contributed by atoms with van der Waals surface area (Å²) in [4.78, 5) is 14.5. The molecule has 1 N–H and O–H groups in total.